The number of hydrogen-bond acceptors (Lipinski definition) is 5. The van der Waals surface area contributed by atoms with Gasteiger partial charge in [0.1, 0.15) is 18.1 Å². The molecule has 1 aliphatic rings. The Morgan fingerprint density at radius 2 is 1.89 bits per heavy atom. The smallest absolute Gasteiger partial charge is 0.261 e. The molecule has 0 fully saturated rings. The van der Waals surface area contributed by atoms with Crippen molar-refractivity contribution in [2.75, 3.05) is 22.8 Å². The molecule has 0 spiro atoms. The maximum absolute atomic E-state index is 12.6. The first-order chi connectivity index (χ1) is 12.8. The van der Waals surface area contributed by atoms with Crippen molar-refractivity contribution in [3.05, 3.63) is 42.5 Å². The number of rotatable bonds is 5. The van der Waals surface area contributed by atoms with Gasteiger partial charge >= 0.3 is 0 Å². The van der Waals surface area contributed by atoms with E-state index in [1.165, 1.54) is 19.1 Å². The summed E-state index contributed by atoms with van der Waals surface area (Å²) in [6, 6.07) is 11.1. The Hall–Kier alpha value is -2.74. The second kappa shape index (κ2) is 7.48. The van der Waals surface area contributed by atoms with E-state index in [1.807, 2.05) is 13.8 Å². The van der Waals surface area contributed by atoms with Crippen molar-refractivity contribution in [2.24, 2.45) is 0 Å². The highest BCUT2D eigenvalue weighted by molar-refractivity contribution is 7.92. The quantitative estimate of drug-likeness (QED) is 0.848. The van der Waals surface area contributed by atoms with Crippen molar-refractivity contribution in [3.63, 3.8) is 0 Å². The number of carbonyl (C=O) groups excluding carboxylic acids is 1. The topological polar surface area (TPSA) is 84.9 Å². The molecule has 0 unspecified atom stereocenters. The predicted octanol–water partition coefficient (Wildman–Crippen LogP) is 3.02. The number of nitrogens with one attached hydrogen (secondary N) is 1. The fraction of sp³-hybridized carbons (Fsp3) is 0.316. The zero-order chi connectivity index (χ0) is 19.6. The third-order valence-electron chi connectivity index (χ3n) is 3.96. The zero-order valence-corrected chi connectivity index (χ0v) is 16.2. The van der Waals surface area contributed by atoms with Crippen LogP contribution >= 0.6 is 0 Å². The Morgan fingerprint density at radius 1 is 1.19 bits per heavy atom. The van der Waals surface area contributed by atoms with Gasteiger partial charge < -0.3 is 14.4 Å². The Balaban J connectivity index is 1.81. The highest BCUT2D eigenvalue weighted by atomic mass is 32.2. The number of benzene rings is 2. The van der Waals surface area contributed by atoms with Gasteiger partial charge in [0, 0.05) is 13.0 Å². The van der Waals surface area contributed by atoms with Crippen LogP contribution in [-0.4, -0.2) is 33.6 Å². The zero-order valence-electron chi connectivity index (χ0n) is 15.4. The lowest BCUT2D eigenvalue weighted by Crippen LogP contribution is -2.36. The van der Waals surface area contributed by atoms with E-state index in [-0.39, 0.29) is 16.9 Å². The fourth-order valence-corrected chi connectivity index (χ4v) is 3.84. The molecule has 2 aromatic carbocycles. The Morgan fingerprint density at radius 3 is 2.52 bits per heavy atom. The van der Waals surface area contributed by atoms with Crippen molar-refractivity contribution >= 4 is 27.3 Å². The number of hydrogen-bond donors (Lipinski definition) is 1. The molecular weight excluding hydrogens is 368 g/mol. The number of sulfonamides is 1. The van der Waals surface area contributed by atoms with Crippen molar-refractivity contribution in [3.8, 4) is 11.5 Å². The number of amides is 1. The summed E-state index contributed by atoms with van der Waals surface area (Å²) in [7, 11) is -3.76. The third-order valence-corrected chi connectivity index (χ3v) is 5.36. The third kappa shape index (κ3) is 4.33. The van der Waals surface area contributed by atoms with Crippen LogP contribution in [0.5, 0.6) is 11.5 Å². The molecule has 0 saturated heterocycles. The van der Waals surface area contributed by atoms with Gasteiger partial charge in [-0.25, -0.2) is 8.42 Å². The lowest BCUT2D eigenvalue weighted by molar-refractivity contribution is -0.116. The lowest BCUT2D eigenvalue weighted by atomic mass is 10.2. The van der Waals surface area contributed by atoms with Crippen LogP contribution in [0.3, 0.4) is 0 Å². The first-order valence-corrected chi connectivity index (χ1v) is 10.1. The van der Waals surface area contributed by atoms with Crippen molar-refractivity contribution in [2.45, 2.75) is 31.8 Å². The maximum atomic E-state index is 12.6. The van der Waals surface area contributed by atoms with E-state index >= 15 is 0 Å². The van der Waals surface area contributed by atoms with E-state index in [2.05, 4.69) is 4.72 Å². The molecule has 1 N–H and O–H groups in total. The van der Waals surface area contributed by atoms with Gasteiger partial charge in [-0.2, -0.15) is 0 Å². The molecule has 2 aromatic rings. The summed E-state index contributed by atoms with van der Waals surface area (Å²) in [6.07, 6.45) is 0.00986. The Bertz CT molecular complexity index is 939. The first-order valence-electron chi connectivity index (χ1n) is 8.61. The second-order valence-corrected chi connectivity index (χ2v) is 8.13. The average molecular weight is 390 g/mol. The van der Waals surface area contributed by atoms with Crippen molar-refractivity contribution in [1.82, 2.24) is 0 Å². The van der Waals surface area contributed by atoms with Gasteiger partial charge in [-0.15, -0.1) is 0 Å². The predicted molar refractivity (Wildman–Crippen MR) is 103 cm³/mol. The summed E-state index contributed by atoms with van der Waals surface area (Å²) < 4.78 is 38.9. The molecular formula is C19H22N2O5S. The molecule has 1 heterocycles. The molecule has 144 valence electrons. The number of fused-ring (bicyclic) bond motifs is 1. The number of nitrogens with zero attached hydrogens (tertiary/aromatic N) is 1. The normalized spacial score (nSPS) is 13.7. The van der Waals surface area contributed by atoms with E-state index < -0.39 is 10.0 Å². The van der Waals surface area contributed by atoms with E-state index in [4.69, 9.17) is 9.47 Å². The summed E-state index contributed by atoms with van der Waals surface area (Å²) in [4.78, 5) is 13.4. The summed E-state index contributed by atoms with van der Waals surface area (Å²) >= 11 is 0. The largest absolute Gasteiger partial charge is 0.491 e. The van der Waals surface area contributed by atoms with Gasteiger partial charge in [-0.1, -0.05) is 0 Å². The van der Waals surface area contributed by atoms with E-state index in [9.17, 15) is 13.2 Å². The standard InChI is InChI=1S/C19H22N2O5S/c1-13(2)26-16-5-7-17(8-6-16)27(23,24)20-15-4-9-18-19(12-15)25-11-10-21(18)14(3)22/h4-9,12-13,20H,10-11H2,1-3H3. The highest BCUT2D eigenvalue weighted by Gasteiger charge is 2.22. The summed E-state index contributed by atoms with van der Waals surface area (Å²) in [6.45, 7) is 6.12. The SMILES string of the molecule is CC(=O)N1CCOc2cc(NS(=O)(=O)c3ccc(OC(C)C)cc3)ccc21. The van der Waals surface area contributed by atoms with Crippen LogP contribution in [0.4, 0.5) is 11.4 Å². The van der Waals surface area contributed by atoms with Gasteiger partial charge in [0.15, 0.2) is 0 Å². The van der Waals surface area contributed by atoms with E-state index in [0.29, 0.717) is 36.0 Å². The minimum absolute atomic E-state index is 0.00986. The molecule has 0 aromatic heterocycles. The van der Waals surface area contributed by atoms with Crippen LogP contribution in [0.15, 0.2) is 47.4 Å². The van der Waals surface area contributed by atoms with E-state index in [0.717, 1.165) is 0 Å². The number of carbonyl (C=O) groups is 1. The molecule has 3 rings (SSSR count). The van der Waals surface area contributed by atoms with Crippen LogP contribution < -0.4 is 19.1 Å². The molecule has 0 aliphatic carbocycles. The van der Waals surface area contributed by atoms with E-state index in [1.54, 1.807) is 35.2 Å². The van der Waals surface area contributed by atoms with Gasteiger partial charge in [0.05, 0.1) is 28.9 Å². The lowest BCUT2D eigenvalue weighted by Gasteiger charge is -2.29. The van der Waals surface area contributed by atoms with Crippen LogP contribution in [-0.2, 0) is 14.8 Å². The van der Waals surface area contributed by atoms with Crippen LogP contribution in [0.1, 0.15) is 20.8 Å². The van der Waals surface area contributed by atoms with Crippen molar-refractivity contribution < 1.29 is 22.7 Å². The minimum atomic E-state index is -3.76. The van der Waals surface area contributed by atoms with Gasteiger partial charge in [-0.05, 0) is 50.2 Å². The van der Waals surface area contributed by atoms with Crippen molar-refractivity contribution in [1.29, 1.82) is 0 Å². The molecule has 1 amide bonds. The first kappa shape index (κ1) is 19.0. The van der Waals surface area contributed by atoms with Gasteiger partial charge in [-0.3, -0.25) is 9.52 Å². The van der Waals surface area contributed by atoms with Crippen LogP contribution in [0.2, 0.25) is 0 Å². The number of ether oxygens (including phenoxy) is 2. The molecule has 0 atom stereocenters. The summed E-state index contributed by atoms with van der Waals surface area (Å²) in [5.41, 5.74) is 0.994. The molecule has 7 nitrogen and oxygen atoms in total. The fourth-order valence-electron chi connectivity index (χ4n) is 2.79. The average Bonchev–Trinajstić information content (AvgIpc) is 2.60. The molecule has 8 heteroatoms. The van der Waals surface area contributed by atoms with Crippen LogP contribution in [0.25, 0.3) is 0 Å². The monoisotopic (exact) mass is 390 g/mol. The molecule has 1 aliphatic heterocycles. The molecule has 0 bridgehead atoms. The molecule has 0 radical (unpaired) electrons. The Kier molecular flexibility index (Phi) is 5.27. The molecule has 27 heavy (non-hydrogen) atoms. The summed E-state index contributed by atoms with van der Waals surface area (Å²) in [5.74, 6) is 0.990. The van der Waals surface area contributed by atoms with Gasteiger partial charge in [0.25, 0.3) is 10.0 Å². The molecule has 0 saturated carbocycles. The Labute approximate surface area is 158 Å². The summed E-state index contributed by atoms with van der Waals surface area (Å²) in [5, 5.41) is 0. The minimum Gasteiger partial charge on any atom is -0.491 e. The van der Waals surface area contributed by atoms with Crippen LogP contribution in [0, 0.1) is 0 Å². The van der Waals surface area contributed by atoms with Gasteiger partial charge in [0.2, 0.25) is 5.91 Å². The highest BCUT2D eigenvalue weighted by Crippen LogP contribution is 2.34. The second-order valence-electron chi connectivity index (χ2n) is 6.45. The maximum Gasteiger partial charge on any atom is 0.261 e. The number of anilines is 2.